The van der Waals surface area contributed by atoms with Crippen LogP contribution in [0, 0.1) is 6.92 Å². The van der Waals surface area contributed by atoms with Crippen molar-refractivity contribution < 1.29 is 14.7 Å². The number of aromatic nitrogens is 1. The summed E-state index contributed by atoms with van der Waals surface area (Å²) in [5.41, 5.74) is 16.8. The highest BCUT2D eigenvalue weighted by molar-refractivity contribution is 5.73. The van der Waals surface area contributed by atoms with Gasteiger partial charge in [-0.2, -0.15) is 0 Å². The van der Waals surface area contributed by atoms with Crippen LogP contribution in [0.15, 0.2) is 18.2 Å². The van der Waals surface area contributed by atoms with E-state index in [0.717, 1.165) is 12.0 Å². The van der Waals surface area contributed by atoms with E-state index in [1.807, 2.05) is 19.1 Å². The second-order valence-corrected chi connectivity index (χ2v) is 5.40. The van der Waals surface area contributed by atoms with Crippen molar-refractivity contribution in [1.82, 2.24) is 4.98 Å². The number of aryl methyl sites for hydroxylation is 1. The van der Waals surface area contributed by atoms with E-state index in [9.17, 15) is 9.59 Å². The zero-order chi connectivity index (χ0) is 17.7. The van der Waals surface area contributed by atoms with Crippen molar-refractivity contribution in [2.24, 2.45) is 17.2 Å². The average Bonchev–Trinajstić information content (AvgIpc) is 2.55. The Labute approximate surface area is 137 Å². The lowest BCUT2D eigenvalue weighted by molar-refractivity contribution is -0.138. The molecular formula is C16H28N4O3. The number of hydrogen-bond acceptors (Lipinski definition) is 6. The Balaban J connectivity index is 0.000000320. The highest BCUT2D eigenvalue weighted by Gasteiger charge is 2.06. The van der Waals surface area contributed by atoms with Crippen LogP contribution in [0.2, 0.25) is 0 Å². The zero-order valence-corrected chi connectivity index (χ0v) is 13.6. The standard InChI is InChI=1S/C7H7NO.C6H13N.C3H8N2O2/c1-6-3-2-4-7(5-9)8-6;7-6-4-2-1-3-5-6;4-1-2(5)3(6)7/h2-5H,1H3;6H,1-5,7H2;2H,1,4-5H2,(H,6,7)/t;;2-/m..0/s1. The monoisotopic (exact) mass is 324 g/mol. The van der Waals surface area contributed by atoms with Crippen LogP contribution in [0.4, 0.5) is 0 Å². The Hall–Kier alpha value is -1.83. The summed E-state index contributed by atoms with van der Waals surface area (Å²) in [6, 6.07) is 4.98. The first-order chi connectivity index (χ1) is 10.9. The Kier molecular flexibility index (Phi) is 11.7. The molecule has 7 nitrogen and oxygen atoms in total. The maximum absolute atomic E-state index is 10.1. The van der Waals surface area contributed by atoms with Crippen LogP contribution >= 0.6 is 0 Å². The van der Waals surface area contributed by atoms with Crippen molar-refractivity contribution in [2.45, 2.75) is 51.1 Å². The predicted octanol–water partition coefficient (Wildman–Crippen LogP) is 0.837. The number of nitrogens with zero attached hydrogens (tertiary/aromatic N) is 1. The number of carbonyl (C=O) groups excluding carboxylic acids is 1. The molecule has 1 aromatic heterocycles. The quantitative estimate of drug-likeness (QED) is 0.602. The summed E-state index contributed by atoms with van der Waals surface area (Å²) in [6.45, 7) is 1.85. The number of aldehydes is 1. The van der Waals surface area contributed by atoms with Crippen LogP contribution in [0.25, 0.3) is 0 Å². The van der Waals surface area contributed by atoms with Crippen LogP contribution in [0.3, 0.4) is 0 Å². The summed E-state index contributed by atoms with van der Waals surface area (Å²) in [5.74, 6) is -1.05. The van der Waals surface area contributed by atoms with Crippen molar-refractivity contribution in [1.29, 1.82) is 0 Å². The first-order valence-electron chi connectivity index (χ1n) is 7.73. The summed E-state index contributed by atoms with van der Waals surface area (Å²) in [6.07, 6.45) is 7.41. The van der Waals surface area contributed by atoms with E-state index in [1.165, 1.54) is 32.1 Å². The molecule has 1 heterocycles. The second-order valence-electron chi connectivity index (χ2n) is 5.40. The number of carbonyl (C=O) groups is 2. The summed E-state index contributed by atoms with van der Waals surface area (Å²) in [5, 5.41) is 7.98. The molecule has 7 N–H and O–H groups in total. The minimum absolute atomic E-state index is 0.00463. The minimum atomic E-state index is -1.05. The van der Waals surface area contributed by atoms with Crippen LogP contribution in [-0.2, 0) is 4.79 Å². The number of nitrogens with two attached hydrogens (primary N) is 3. The molecule has 0 saturated heterocycles. The maximum atomic E-state index is 10.1. The van der Waals surface area contributed by atoms with Gasteiger partial charge >= 0.3 is 5.97 Å². The number of carboxylic acids is 1. The number of carboxylic acid groups (broad SMARTS) is 1. The lowest BCUT2D eigenvalue weighted by Gasteiger charge is -2.15. The molecule has 0 aliphatic heterocycles. The van der Waals surface area contributed by atoms with Crippen molar-refractivity contribution in [3.8, 4) is 0 Å². The smallest absolute Gasteiger partial charge is 0.321 e. The van der Waals surface area contributed by atoms with Crippen molar-refractivity contribution in [3.63, 3.8) is 0 Å². The fraction of sp³-hybridized carbons (Fsp3) is 0.562. The number of aliphatic carboxylic acids is 1. The van der Waals surface area contributed by atoms with E-state index in [2.05, 4.69) is 4.98 Å². The van der Waals surface area contributed by atoms with Gasteiger partial charge in [0.05, 0.1) is 0 Å². The van der Waals surface area contributed by atoms with Crippen molar-refractivity contribution in [2.75, 3.05) is 6.54 Å². The summed E-state index contributed by atoms with van der Waals surface area (Å²) >= 11 is 0. The molecule has 1 aromatic rings. The normalized spacial score (nSPS) is 15.3. The lowest BCUT2D eigenvalue weighted by Crippen LogP contribution is -2.37. The SMILES string of the molecule is Cc1cccc(C=O)n1.NC1CCCCC1.NC[C@H](N)C(=O)O. The van der Waals surface area contributed by atoms with Crippen LogP contribution in [-0.4, -0.2) is 41.0 Å². The van der Waals surface area contributed by atoms with E-state index in [0.29, 0.717) is 11.7 Å². The molecule has 23 heavy (non-hydrogen) atoms. The molecule has 2 rings (SSSR count). The van der Waals surface area contributed by atoms with Gasteiger partial charge in [0.1, 0.15) is 11.7 Å². The van der Waals surface area contributed by atoms with Crippen LogP contribution < -0.4 is 17.2 Å². The number of pyridine rings is 1. The molecule has 1 atom stereocenters. The van der Waals surface area contributed by atoms with Gasteiger partial charge in [0.15, 0.2) is 6.29 Å². The van der Waals surface area contributed by atoms with Gasteiger partial charge in [0.2, 0.25) is 0 Å². The van der Waals surface area contributed by atoms with E-state index in [-0.39, 0.29) is 6.54 Å². The predicted molar refractivity (Wildman–Crippen MR) is 90.1 cm³/mol. The zero-order valence-electron chi connectivity index (χ0n) is 13.6. The maximum Gasteiger partial charge on any atom is 0.321 e. The van der Waals surface area contributed by atoms with Crippen LogP contribution in [0.1, 0.15) is 48.3 Å². The summed E-state index contributed by atoms with van der Waals surface area (Å²) in [7, 11) is 0. The fourth-order valence-corrected chi connectivity index (χ4v) is 1.86. The summed E-state index contributed by atoms with van der Waals surface area (Å²) in [4.78, 5) is 23.7. The number of hydrogen-bond donors (Lipinski definition) is 4. The third-order valence-electron chi connectivity index (χ3n) is 3.25. The lowest BCUT2D eigenvalue weighted by atomic mass is 9.97. The van der Waals surface area contributed by atoms with Crippen LogP contribution in [0.5, 0.6) is 0 Å². The molecule has 1 fully saturated rings. The Morgan fingerprint density at radius 2 is 2.00 bits per heavy atom. The molecule has 1 aliphatic carbocycles. The van der Waals surface area contributed by atoms with Gasteiger partial charge in [-0.1, -0.05) is 25.3 Å². The molecule has 7 heteroatoms. The molecule has 0 unspecified atom stereocenters. The first-order valence-corrected chi connectivity index (χ1v) is 7.73. The van der Waals surface area contributed by atoms with Gasteiger partial charge in [-0.15, -0.1) is 0 Å². The van der Waals surface area contributed by atoms with Gasteiger partial charge in [-0.25, -0.2) is 0 Å². The highest BCUT2D eigenvalue weighted by atomic mass is 16.4. The molecular weight excluding hydrogens is 296 g/mol. The van der Waals surface area contributed by atoms with E-state index in [4.69, 9.17) is 22.3 Å². The molecule has 0 amide bonds. The second kappa shape index (κ2) is 12.7. The first kappa shape index (κ1) is 21.2. The Bertz CT molecular complexity index is 462. The molecule has 0 spiro atoms. The highest BCUT2D eigenvalue weighted by Crippen LogP contribution is 2.14. The van der Waals surface area contributed by atoms with Gasteiger partial charge in [0.25, 0.3) is 0 Å². The van der Waals surface area contributed by atoms with Gasteiger partial charge in [0, 0.05) is 18.3 Å². The average molecular weight is 324 g/mol. The third-order valence-corrected chi connectivity index (χ3v) is 3.25. The molecule has 0 radical (unpaired) electrons. The van der Waals surface area contributed by atoms with E-state index < -0.39 is 12.0 Å². The topological polar surface area (TPSA) is 145 Å². The van der Waals surface area contributed by atoms with Gasteiger partial charge < -0.3 is 22.3 Å². The Morgan fingerprint density at radius 3 is 2.26 bits per heavy atom. The molecule has 0 bridgehead atoms. The minimum Gasteiger partial charge on any atom is -0.480 e. The Morgan fingerprint density at radius 1 is 1.39 bits per heavy atom. The summed E-state index contributed by atoms with van der Waals surface area (Å²) < 4.78 is 0. The third kappa shape index (κ3) is 11.4. The molecule has 1 aliphatic rings. The van der Waals surface area contributed by atoms with Gasteiger partial charge in [-0.3, -0.25) is 14.6 Å². The van der Waals surface area contributed by atoms with Crippen molar-refractivity contribution in [3.05, 3.63) is 29.6 Å². The van der Waals surface area contributed by atoms with E-state index >= 15 is 0 Å². The van der Waals surface area contributed by atoms with Crippen molar-refractivity contribution >= 4 is 12.3 Å². The fourth-order valence-electron chi connectivity index (χ4n) is 1.86. The molecule has 130 valence electrons. The number of rotatable bonds is 3. The molecule has 1 saturated carbocycles. The van der Waals surface area contributed by atoms with E-state index in [1.54, 1.807) is 6.07 Å². The van der Waals surface area contributed by atoms with Gasteiger partial charge in [-0.05, 0) is 31.9 Å². The molecule has 0 aromatic carbocycles. The largest absolute Gasteiger partial charge is 0.480 e.